The van der Waals surface area contributed by atoms with Crippen LogP contribution in [0, 0.1) is 0 Å². The van der Waals surface area contributed by atoms with Crippen LogP contribution < -0.4 is 10.6 Å². The number of likely N-dealkylation sites (N-methyl/N-ethyl adjacent to an activating group) is 1. The Hall–Kier alpha value is -2.17. The number of amides is 1. The molecule has 0 aliphatic carbocycles. The van der Waals surface area contributed by atoms with E-state index < -0.39 is 0 Å². The highest BCUT2D eigenvalue weighted by molar-refractivity contribution is 5.94. The summed E-state index contributed by atoms with van der Waals surface area (Å²) in [7, 11) is 2.08. The average molecular weight is 309 g/mol. The lowest BCUT2D eigenvalue weighted by atomic mass is 10.0. The zero-order chi connectivity index (χ0) is 16.2. The van der Waals surface area contributed by atoms with Gasteiger partial charge in [-0.15, -0.1) is 0 Å². The Labute approximate surface area is 137 Å². The molecular weight excluding hydrogens is 286 g/mol. The number of hydrogen-bond donors (Lipinski definition) is 1. The van der Waals surface area contributed by atoms with Crippen molar-refractivity contribution < 1.29 is 4.79 Å². The summed E-state index contributed by atoms with van der Waals surface area (Å²) in [5, 5.41) is 0. The summed E-state index contributed by atoms with van der Waals surface area (Å²) >= 11 is 0. The minimum absolute atomic E-state index is 0.0871. The summed E-state index contributed by atoms with van der Waals surface area (Å²) < 4.78 is 0. The fraction of sp³-hybridized carbons (Fsp3) is 0.316. The molecule has 0 radical (unpaired) electrons. The second kappa shape index (κ2) is 6.94. The van der Waals surface area contributed by atoms with Crippen molar-refractivity contribution >= 4 is 11.6 Å². The van der Waals surface area contributed by atoms with Crippen LogP contribution in [0.5, 0.6) is 0 Å². The van der Waals surface area contributed by atoms with Gasteiger partial charge in [0.25, 0.3) is 0 Å². The predicted octanol–water partition coefficient (Wildman–Crippen LogP) is 2.56. The van der Waals surface area contributed by atoms with E-state index in [-0.39, 0.29) is 11.9 Å². The van der Waals surface area contributed by atoms with E-state index in [1.807, 2.05) is 53.4 Å². The van der Waals surface area contributed by atoms with Crippen LogP contribution in [-0.4, -0.2) is 30.9 Å². The summed E-state index contributed by atoms with van der Waals surface area (Å²) in [6.07, 6.45) is 0.321. The van der Waals surface area contributed by atoms with Crippen molar-refractivity contribution in [2.45, 2.75) is 19.0 Å². The first-order chi connectivity index (χ1) is 11.1. The molecule has 4 heteroatoms. The maximum absolute atomic E-state index is 12.8. The number of anilines is 1. The fourth-order valence-corrected chi connectivity index (χ4v) is 3.04. The van der Waals surface area contributed by atoms with Crippen LogP contribution in [0.25, 0.3) is 0 Å². The molecule has 4 nitrogen and oxygen atoms in total. The van der Waals surface area contributed by atoms with Gasteiger partial charge in [-0.2, -0.15) is 0 Å². The standard InChI is InChI=1S/C19H23N3O/c1-21-11-12-22(18-10-6-5-9-16(18)14-21)19(23)13-17(20)15-7-3-2-4-8-15/h2-10,17H,11-14,20H2,1H3. The van der Waals surface area contributed by atoms with Crippen molar-refractivity contribution in [2.24, 2.45) is 5.73 Å². The lowest BCUT2D eigenvalue weighted by Crippen LogP contribution is -2.36. The molecule has 2 aromatic carbocycles. The average Bonchev–Trinajstić information content (AvgIpc) is 2.73. The lowest BCUT2D eigenvalue weighted by molar-refractivity contribution is -0.119. The molecule has 0 saturated heterocycles. The Morgan fingerprint density at radius 1 is 1.09 bits per heavy atom. The summed E-state index contributed by atoms with van der Waals surface area (Å²) in [4.78, 5) is 17.0. The highest BCUT2D eigenvalue weighted by atomic mass is 16.2. The van der Waals surface area contributed by atoms with Gasteiger partial charge in [0.2, 0.25) is 5.91 Å². The minimum Gasteiger partial charge on any atom is -0.324 e. The van der Waals surface area contributed by atoms with E-state index in [1.165, 1.54) is 5.56 Å². The van der Waals surface area contributed by atoms with E-state index in [2.05, 4.69) is 18.0 Å². The molecule has 1 amide bonds. The number of rotatable bonds is 3. The topological polar surface area (TPSA) is 49.6 Å². The van der Waals surface area contributed by atoms with E-state index in [0.29, 0.717) is 13.0 Å². The third-order valence-corrected chi connectivity index (χ3v) is 4.35. The Kier molecular flexibility index (Phi) is 4.74. The molecule has 23 heavy (non-hydrogen) atoms. The van der Waals surface area contributed by atoms with E-state index in [9.17, 15) is 4.79 Å². The van der Waals surface area contributed by atoms with Crippen LogP contribution in [0.4, 0.5) is 5.69 Å². The molecule has 0 fully saturated rings. The van der Waals surface area contributed by atoms with Crippen molar-refractivity contribution in [1.82, 2.24) is 4.90 Å². The maximum atomic E-state index is 12.8. The largest absolute Gasteiger partial charge is 0.324 e. The monoisotopic (exact) mass is 309 g/mol. The number of nitrogens with zero attached hydrogens (tertiary/aromatic N) is 2. The second-order valence-electron chi connectivity index (χ2n) is 6.13. The van der Waals surface area contributed by atoms with Crippen LogP contribution in [0.1, 0.15) is 23.6 Å². The molecule has 2 N–H and O–H groups in total. The number of carbonyl (C=O) groups excluding carboxylic acids is 1. The SMILES string of the molecule is CN1CCN(C(=O)CC(N)c2ccccc2)c2ccccc2C1. The normalized spacial score (nSPS) is 16.5. The van der Waals surface area contributed by atoms with E-state index in [1.54, 1.807) is 0 Å². The summed E-state index contributed by atoms with van der Waals surface area (Å²) in [6, 6.07) is 17.7. The van der Waals surface area contributed by atoms with Crippen LogP contribution in [-0.2, 0) is 11.3 Å². The predicted molar refractivity (Wildman–Crippen MR) is 93.1 cm³/mol. The molecule has 120 valence electrons. The number of fused-ring (bicyclic) bond motifs is 1. The smallest absolute Gasteiger partial charge is 0.228 e. The Morgan fingerprint density at radius 3 is 2.57 bits per heavy atom. The van der Waals surface area contributed by atoms with Gasteiger partial charge >= 0.3 is 0 Å². The van der Waals surface area contributed by atoms with Crippen LogP contribution >= 0.6 is 0 Å². The summed E-state index contributed by atoms with van der Waals surface area (Å²) in [5.74, 6) is 0.0871. The molecule has 0 aromatic heterocycles. The van der Waals surface area contributed by atoms with Crippen molar-refractivity contribution in [3.63, 3.8) is 0 Å². The van der Waals surface area contributed by atoms with Gasteiger partial charge in [-0.05, 0) is 24.2 Å². The number of benzene rings is 2. The van der Waals surface area contributed by atoms with Crippen LogP contribution in [0.2, 0.25) is 0 Å². The number of nitrogens with two attached hydrogens (primary N) is 1. The zero-order valence-corrected chi connectivity index (χ0v) is 13.5. The van der Waals surface area contributed by atoms with Gasteiger partial charge in [-0.25, -0.2) is 0 Å². The summed E-state index contributed by atoms with van der Waals surface area (Å²) in [5.41, 5.74) is 9.44. The lowest BCUT2D eigenvalue weighted by Gasteiger charge is -2.24. The van der Waals surface area contributed by atoms with Gasteiger partial charge in [-0.1, -0.05) is 48.5 Å². The third-order valence-electron chi connectivity index (χ3n) is 4.35. The second-order valence-corrected chi connectivity index (χ2v) is 6.13. The first kappa shape index (κ1) is 15.7. The number of hydrogen-bond acceptors (Lipinski definition) is 3. The highest BCUT2D eigenvalue weighted by Gasteiger charge is 2.24. The van der Waals surface area contributed by atoms with Crippen molar-refractivity contribution in [1.29, 1.82) is 0 Å². The van der Waals surface area contributed by atoms with Gasteiger partial charge in [-0.3, -0.25) is 4.79 Å². The van der Waals surface area contributed by atoms with Crippen LogP contribution in [0.3, 0.4) is 0 Å². The number of carbonyl (C=O) groups is 1. The summed E-state index contributed by atoms with van der Waals surface area (Å²) in [6.45, 7) is 2.43. The molecule has 0 saturated carbocycles. The van der Waals surface area contributed by atoms with Gasteiger partial charge in [0.1, 0.15) is 0 Å². The van der Waals surface area contributed by atoms with Gasteiger partial charge < -0.3 is 15.5 Å². The van der Waals surface area contributed by atoms with E-state index in [0.717, 1.165) is 24.3 Å². The maximum Gasteiger partial charge on any atom is 0.228 e. The number of para-hydroxylation sites is 1. The Bertz CT molecular complexity index is 671. The van der Waals surface area contributed by atoms with E-state index >= 15 is 0 Å². The molecule has 1 atom stereocenters. The van der Waals surface area contributed by atoms with Crippen molar-refractivity contribution in [2.75, 3.05) is 25.0 Å². The zero-order valence-electron chi connectivity index (χ0n) is 13.5. The van der Waals surface area contributed by atoms with Gasteiger partial charge in [0, 0.05) is 37.8 Å². The minimum atomic E-state index is -0.267. The molecule has 1 heterocycles. The molecule has 2 aromatic rings. The molecule has 3 rings (SSSR count). The van der Waals surface area contributed by atoms with E-state index in [4.69, 9.17) is 5.73 Å². The molecule has 1 unspecified atom stereocenters. The Morgan fingerprint density at radius 2 is 1.78 bits per heavy atom. The van der Waals surface area contributed by atoms with Gasteiger partial charge in [0.15, 0.2) is 0 Å². The molecule has 1 aliphatic rings. The Balaban J connectivity index is 1.79. The van der Waals surface area contributed by atoms with Gasteiger partial charge in [0.05, 0.1) is 0 Å². The molecule has 0 spiro atoms. The van der Waals surface area contributed by atoms with Crippen LogP contribution in [0.15, 0.2) is 54.6 Å². The fourth-order valence-electron chi connectivity index (χ4n) is 3.04. The quantitative estimate of drug-likeness (QED) is 0.948. The highest BCUT2D eigenvalue weighted by Crippen LogP contribution is 2.26. The molecule has 0 bridgehead atoms. The third kappa shape index (κ3) is 3.60. The van der Waals surface area contributed by atoms with Crippen molar-refractivity contribution in [3.05, 3.63) is 65.7 Å². The first-order valence-corrected chi connectivity index (χ1v) is 8.02. The molecular formula is C19H23N3O. The molecule has 1 aliphatic heterocycles. The van der Waals surface area contributed by atoms with Crippen molar-refractivity contribution in [3.8, 4) is 0 Å². The first-order valence-electron chi connectivity index (χ1n) is 8.02.